The highest BCUT2D eigenvalue weighted by Crippen LogP contribution is 2.46. The van der Waals surface area contributed by atoms with Crippen molar-refractivity contribution in [3.05, 3.63) is 176 Å². The van der Waals surface area contributed by atoms with E-state index >= 15 is 0 Å². The SMILES string of the molecule is c1ccc(-c2ccc3c(c2)c2cc(-c4ccccc4)ccc2n3-c2cc3c4ccccc4c4cccc5c6ccccc6c(c2)c3c45)cc1. The number of nitrogens with zero attached hydrogens (tertiary/aromatic N) is 1. The zero-order valence-corrected chi connectivity index (χ0v) is 26.7. The minimum atomic E-state index is 1.18. The smallest absolute Gasteiger partial charge is 0.0541 e. The van der Waals surface area contributed by atoms with E-state index in [4.69, 9.17) is 0 Å². The van der Waals surface area contributed by atoms with Gasteiger partial charge in [0.1, 0.15) is 0 Å². The van der Waals surface area contributed by atoms with Crippen LogP contribution in [-0.2, 0) is 0 Å². The number of hydrogen-bond acceptors (Lipinski definition) is 0. The minimum absolute atomic E-state index is 1.18. The van der Waals surface area contributed by atoms with E-state index < -0.39 is 0 Å². The molecule has 0 spiro atoms. The second-order valence-electron chi connectivity index (χ2n) is 13.3. The molecule has 0 N–H and O–H groups in total. The van der Waals surface area contributed by atoms with Gasteiger partial charge in [0.25, 0.3) is 0 Å². The summed E-state index contributed by atoms with van der Waals surface area (Å²) in [4.78, 5) is 0. The molecule has 11 aromatic rings. The molecular weight excluding hydrogens is 591 g/mol. The fraction of sp³-hybridized carbons (Fsp3) is 0. The van der Waals surface area contributed by atoms with Crippen LogP contribution in [0.15, 0.2) is 176 Å². The van der Waals surface area contributed by atoms with Crippen molar-refractivity contribution in [3.63, 3.8) is 0 Å². The van der Waals surface area contributed by atoms with Crippen LogP contribution >= 0.6 is 0 Å². The average molecular weight is 620 g/mol. The summed E-state index contributed by atoms with van der Waals surface area (Å²) < 4.78 is 2.49. The van der Waals surface area contributed by atoms with Gasteiger partial charge in [-0.05, 0) is 113 Å². The maximum atomic E-state index is 2.49. The van der Waals surface area contributed by atoms with Gasteiger partial charge in [0.2, 0.25) is 0 Å². The molecule has 10 aromatic carbocycles. The van der Waals surface area contributed by atoms with E-state index in [2.05, 4.69) is 180 Å². The monoisotopic (exact) mass is 619 g/mol. The molecule has 0 aliphatic rings. The Balaban J connectivity index is 1.30. The molecule has 49 heavy (non-hydrogen) atoms. The number of rotatable bonds is 3. The van der Waals surface area contributed by atoms with Crippen LogP contribution in [0.5, 0.6) is 0 Å². The Morgan fingerprint density at radius 2 is 0.633 bits per heavy atom. The lowest BCUT2D eigenvalue weighted by Crippen LogP contribution is -1.97. The van der Waals surface area contributed by atoms with Gasteiger partial charge in [0.05, 0.1) is 11.0 Å². The molecule has 11 rings (SSSR count). The fourth-order valence-electron chi connectivity index (χ4n) is 8.55. The molecular formula is C48H29N. The molecule has 0 saturated heterocycles. The lowest BCUT2D eigenvalue weighted by atomic mass is 9.86. The summed E-state index contributed by atoms with van der Waals surface area (Å²) in [5.74, 6) is 0. The van der Waals surface area contributed by atoms with Crippen molar-refractivity contribution in [2.24, 2.45) is 0 Å². The first-order valence-electron chi connectivity index (χ1n) is 17.0. The average Bonchev–Trinajstić information content (AvgIpc) is 3.51. The van der Waals surface area contributed by atoms with E-state index in [-0.39, 0.29) is 0 Å². The summed E-state index contributed by atoms with van der Waals surface area (Å²) in [7, 11) is 0. The molecule has 1 heteroatoms. The highest BCUT2D eigenvalue weighted by atomic mass is 15.0. The van der Waals surface area contributed by atoms with Crippen LogP contribution in [-0.4, -0.2) is 4.57 Å². The van der Waals surface area contributed by atoms with Crippen LogP contribution in [0.3, 0.4) is 0 Å². The molecule has 1 heterocycles. The Kier molecular flexibility index (Phi) is 5.45. The topological polar surface area (TPSA) is 4.93 Å². The van der Waals surface area contributed by atoms with Crippen molar-refractivity contribution in [2.75, 3.05) is 0 Å². The van der Waals surface area contributed by atoms with Gasteiger partial charge in [-0.3, -0.25) is 0 Å². The van der Waals surface area contributed by atoms with Crippen molar-refractivity contribution >= 4 is 75.7 Å². The Morgan fingerprint density at radius 3 is 1.10 bits per heavy atom. The van der Waals surface area contributed by atoms with Gasteiger partial charge in [-0.2, -0.15) is 0 Å². The molecule has 1 aromatic heterocycles. The molecule has 0 amide bonds. The summed E-state index contributed by atoms with van der Waals surface area (Å²) in [5, 5.41) is 15.7. The molecule has 0 saturated carbocycles. The largest absolute Gasteiger partial charge is 0.309 e. The van der Waals surface area contributed by atoms with Gasteiger partial charge >= 0.3 is 0 Å². The van der Waals surface area contributed by atoms with Crippen LogP contribution in [0.2, 0.25) is 0 Å². The molecule has 0 aliphatic carbocycles. The van der Waals surface area contributed by atoms with Crippen LogP contribution in [0.1, 0.15) is 0 Å². The van der Waals surface area contributed by atoms with Crippen molar-refractivity contribution in [3.8, 4) is 27.9 Å². The zero-order valence-electron chi connectivity index (χ0n) is 26.7. The van der Waals surface area contributed by atoms with Crippen molar-refractivity contribution in [1.82, 2.24) is 4.57 Å². The van der Waals surface area contributed by atoms with Crippen molar-refractivity contribution < 1.29 is 0 Å². The van der Waals surface area contributed by atoms with Gasteiger partial charge in [0.15, 0.2) is 0 Å². The normalized spacial score (nSPS) is 12.1. The summed E-state index contributed by atoms with van der Waals surface area (Å²) >= 11 is 0. The Hall–Kier alpha value is -6.44. The number of fused-ring (bicyclic) bond motifs is 9. The quantitative estimate of drug-likeness (QED) is 0.137. The molecule has 0 atom stereocenters. The predicted octanol–water partition coefficient (Wildman–Crippen LogP) is 13.3. The van der Waals surface area contributed by atoms with E-state index in [1.165, 1.54) is 104 Å². The lowest BCUT2D eigenvalue weighted by molar-refractivity contribution is 1.19. The highest BCUT2D eigenvalue weighted by Gasteiger charge is 2.20. The van der Waals surface area contributed by atoms with E-state index in [1.54, 1.807) is 0 Å². The summed E-state index contributed by atoms with van der Waals surface area (Å²) in [6.07, 6.45) is 0. The number of aromatic nitrogens is 1. The van der Waals surface area contributed by atoms with Crippen LogP contribution < -0.4 is 0 Å². The molecule has 0 aliphatic heterocycles. The fourth-order valence-corrected chi connectivity index (χ4v) is 8.55. The molecule has 1 nitrogen and oxygen atoms in total. The Bertz CT molecular complexity index is 2880. The maximum absolute atomic E-state index is 2.49. The Labute approximate surface area is 283 Å². The lowest BCUT2D eigenvalue weighted by Gasteiger charge is -2.19. The van der Waals surface area contributed by atoms with Gasteiger partial charge in [-0.15, -0.1) is 0 Å². The second kappa shape index (κ2) is 10.0. The molecule has 0 bridgehead atoms. The third-order valence-electron chi connectivity index (χ3n) is 10.7. The first kappa shape index (κ1) is 26.6. The van der Waals surface area contributed by atoms with E-state index in [0.29, 0.717) is 0 Å². The summed E-state index contributed by atoms with van der Waals surface area (Å²) in [5.41, 5.74) is 8.51. The third kappa shape index (κ3) is 3.76. The van der Waals surface area contributed by atoms with E-state index in [9.17, 15) is 0 Å². The Morgan fingerprint density at radius 1 is 0.245 bits per heavy atom. The van der Waals surface area contributed by atoms with Gasteiger partial charge < -0.3 is 4.57 Å². The maximum Gasteiger partial charge on any atom is 0.0541 e. The van der Waals surface area contributed by atoms with Gasteiger partial charge in [0, 0.05) is 16.5 Å². The standard InChI is InChI=1S/C48H29N/c1-3-12-30(13-4-1)32-22-24-45-41(26-32)42-27-33(31-14-5-2-6-15-31)23-25-46(42)49(45)34-28-43-37-18-9-7-16-35(37)39-20-11-21-40-36-17-8-10-19-38(36)44(29-34)48(43)47(39)40/h1-29H. The zero-order chi connectivity index (χ0) is 32.1. The van der Waals surface area contributed by atoms with Crippen molar-refractivity contribution in [1.29, 1.82) is 0 Å². The van der Waals surface area contributed by atoms with E-state index in [1.807, 2.05) is 0 Å². The first-order chi connectivity index (χ1) is 24.3. The van der Waals surface area contributed by atoms with E-state index in [0.717, 1.165) is 0 Å². The number of benzene rings is 10. The summed E-state index contributed by atoms with van der Waals surface area (Å²) in [6, 6.07) is 65.0. The van der Waals surface area contributed by atoms with Crippen LogP contribution in [0, 0.1) is 0 Å². The summed E-state index contributed by atoms with van der Waals surface area (Å²) in [6.45, 7) is 0. The highest BCUT2D eigenvalue weighted by molar-refractivity contribution is 6.40. The van der Waals surface area contributed by atoms with Crippen LogP contribution in [0.25, 0.3) is 104 Å². The second-order valence-corrected chi connectivity index (χ2v) is 13.3. The molecule has 226 valence electrons. The molecule has 0 unspecified atom stereocenters. The van der Waals surface area contributed by atoms with Gasteiger partial charge in [-0.25, -0.2) is 0 Å². The minimum Gasteiger partial charge on any atom is -0.309 e. The van der Waals surface area contributed by atoms with Crippen LogP contribution in [0.4, 0.5) is 0 Å². The third-order valence-corrected chi connectivity index (χ3v) is 10.7. The predicted molar refractivity (Wildman–Crippen MR) is 210 cm³/mol. The van der Waals surface area contributed by atoms with Gasteiger partial charge in [-0.1, -0.05) is 140 Å². The molecule has 0 radical (unpaired) electrons. The molecule has 0 fully saturated rings. The first-order valence-corrected chi connectivity index (χ1v) is 17.0. The van der Waals surface area contributed by atoms with Crippen molar-refractivity contribution in [2.45, 2.75) is 0 Å². The number of hydrogen-bond donors (Lipinski definition) is 0.